The third kappa shape index (κ3) is 5.92. The van der Waals surface area contributed by atoms with Crippen molar-refractivity contribution < 1.29 is 9.32 Å². The molecule has 2 heterocycles. The molecule has 32 heavy (non-hydrogen) atoms. The lowest BCUT2D eigenvalue weighted by Gasteiger charge is -2.34. The van der Waals surface area contributed by atoms with E-state index in [0.717, 1.165) is 44.7 Å². The molecule has 0 atom stereocenters. The first-order valence-electron chi connectivity index (χ1n) is 11.3. The maximum absolute atomic E-state index is 12.6. The topological polar surface area (TPSA) is 62.5 Å². The van der Waals surface area contributed by atoms with E-state index in [9.17, 15) is 4.79 Å². The lowest BCUT2D eigenvalue weighted by molar-refractivity contribution is -0.132. The third-order valence-corrected chi connectivity index (χ3v) is 5.84. The molecule has 0 unspecified atom stereocenters. The van der Waals surface area contributed by atoms with E-state index in [1.165, 1.54) is 11.1 Å². The molecule has 1 amide bonds. The van der Waals surface area contributed by atoms with E-state index in [-0.39, 0.29) is 5.91 Å². The van der Waals surface area contributed by atoms with Gasteiger partial charge in [-0.25, -0.2) is 0 Å². The number of benzene rings is 2. The predicted octanol–water partition coefficient (Wildman–Crippen LogP) is 4.09. The first-order chi connectivity index (χ1) is 15.7. The zero-order valence-electron chi connectivity index (χ0n) is 18.6. The van der Waals surface area contributed by atoms with E-state index in [4.69, 9.17) is 4.52 Å². The molecule has 0 bridgehead atoms. The van der Waals surface area contributed by atoms with Crippen LogP contribution in [0.5, 0.6) is 0 Å². The molecule has 3 aromatic rings. The van der Waals surface area contributed by atoms with Gasteiger partial charge in [-0.05, 0) is 17.5 Å². The van der Waals surface area contributed by atoms with Gasteiger partial charge in [-0.1, -0.05) is 78.8 Å². The molecule has 1 fully saturated rings. The van der Waals surface area contributed by atoms with Crippen LogP contribution < -0.4 is 0 Å². The highest BCUT2D eigenvalue weighted by Gasteiger charge is 2.21. The fraction of sp³-hybridized carbons (Fsp3) is 0.346. The number of amides is 1. The van der Waals surface area contributed by atoms with Crippen molar-refractivity contribution >= 4 is 12.0 Å². The first kappa shape index (κ1) is 22.0. The lowest BCUT2D eigenvalue weighted by atomic mass is 10.1. The van der Waals surface area contributed by atoms with Crippen molar-refractivity contribution in [2.45, 2.75) is 26.2 Å². The van der Waals surface area contributed by atoms with Crippen molar-refractivity contribution in [2.75, 3.05) is 32.7 Å². The number of aromatic nitrogens is 2. The highest BCUT2D eigenvalue weighted by atomic mass is 16.5. The number of rotatable bonds is 8. The van der Waals surface area contributed by atoms with Crippen LogP contribution in [0.3, 0.4) is 0 Å². The molecule has 1 aliphatic heterocycles. The summed E-state index contributed by atoms with van der Waals surface area (Å²) < 4.78 is 5.36. The minimum Gasteiger partial charge on any atom is -0.340 e. The van der Waals surface area contributed by atoms with Crippen molar-refractivity contribution in [1.82, 2.24) is 19.9 Å². The average molecular weight is 431 g/mol. The molecule has 1 saturated heterocycles. The van der Waals surface area contributed by atoms with Gasteiger partial charge in [-0.2, -0.15) is 4.98 Å². The quantitative estimate of drug-likeness (QED) is 0.539. The monoisotopic (exact) mass is 430 g/mol. The number of hydrogen-bond donors (Lipinski definition) is 0. The second kappa shape index (κ2) is 10.9. The van der Waals surface area contributed by atoms with Gasteiger partial charge < -0.3 is 9.42 Å². The number of hydrogen-bond acceptors (Lipinski definition) is 5. The van der Waals surface area contributed by atoms with E-state index in [1.807, 2.05) is 35.2 Å². The smallest absolute Gasteiger partial charge is 0.227 e. The Hall–Kier alpha value is -3.25. The molecule has 2 aromatic carbocycles. The zero-order chi connectivity index (χ0) is 22.2. The highest BCUT2D eigenvalue weighted by Crippen LogP contribution is 2.17. The van der Waals surface area contributed by atoms with E-state index in [0.29, 0.717) is 24.6 Å². The van der Waals surface area contributed by atoms with Gasteiger partial charge in [0.15, 0.2) is 0 Å². The van der Waals surface area contributed by atoms with Crippen LogP contribution >= 0.6 is 0 Å². The van der Waals surface area contributed by atoms with E-state index in [1.54, 1.807) is 0 Å². The van der Waals surface area contributed by atoms with Crippen molar-refractivity contribution in [3.63, 3.8) is 0 Å². The zero-order valence-corrected chi connectivity index (χ0v) is 18.6. The maximum atomic E-state index is 12.6. The van der Waals surface area contributed by atoms with Crippen molar-refractivity contribution in [3.8, 4) is 11.4 Å². The second-order valence-electron chi connectivity index (χ2n) is 8.06. The van der Waals surface area contributed by atoms with E-state index >= 15 is 0 Å². The van der Waals surface area contributed by atoms with Gasteiger partial charge in [0.25, 0.3) is 0 Å². The largest absolute Gasteiger partial charge is 0.340 e. The molecule has 0 N–H and O–H groups in total. The minimum absolute atomic E-state index is 0.150. The van der Waals surface area contributed by atoms with Crippen LogP contribution in [0.15, 0.2) is 65.2 Å². The Morgan fingerprint density at radius 2 is 1.78 bits per heavy atom. The highest BCUT2D eigenvalue weighted by molar-refractivity contribution is 5.76. The fourth-order valence-corrected chi connectivity index (χ4v) is 3.82. The van der Waals surface area contributed by atoms with Gasteiger partial charge in [0, 0.05) is 51.1 Å². The summed E-state index contributed by atoms with van der Waals surface area (Å²) in [4.78, 5) is 21.4. The van der Waals surface area contributed by atoms with Gasteiger partial charge in [0.2, 0.25) is 17.6 Å². The molecule has 6 nitrogen and oxygen atoms in total. The van der Waals surface area contributed by atoms with Crippen LogP contribution in [0.1, 0.15) is 30.4 Å². The second-order valence-corrected chi connectivity index (χ2v) is 8.06. The van der Waals surface area contributed by atoms with Crippen LogP contribution in [-0.2, 0) is 17.6 Å². The molecular weight excluding hydrogens is 400 g/mol. The summed E-state index contributed by atoms with van der Waals surface area (Å²) in [6, 6.07) is 18.5. The predicted molar refractivity (Wildman–Crippen MR) is 126 cm³/mol. The summed E-state index contributed by atoms with van der Waals surface area (Å²) >= 11 is 0. The maximum Gasteiger partial charge on any atom is 0.227 e. The van der Waals surface area contributed by atoms with E-state index < -0.39 is 0 Å². The standard InChI is InChI=1S/C26H30N4O2/c1-2-21-10-12-23(13-11-21)26-27-24(32-28-26)14-15-25(31)30-19-17-29(18-20-30)16-6-9-22-7-4-3-5-8-22/h3-13H,2,14-20H2,1H3. The summed E-state index contributed by atoms with van der Waals surface area (Å²) in [5.41, 5.74) is 3.42. The normalized spacial score (nSPS) is 14.8. The summed E-state index contributed by atoms with van der Waals surface area (Å²) in [7, 11) is 0. The molecular formula is C26H30N4O2. The van der Waals surface area contributed by atoms with Gasteiger partial charge in [-0.15, -0.1) is 0 Å². The number of aryl methyl sites for hydroxylation is 2. The minimum atomic E-state index is 0.150. The van der Waals surface area contributed by atoms with Crippen LogP contribution in [0, 0.1) is 0 Å². The Kier molecular flexibility index (Phi) is 7.46. The number of piperazine rings is 1. The molecule has 0 aliphatic carbocycles. The van der Waals surface area contributed by atoms with Crippen LogP contribution in [-0.4, -0.2) is 58.6 Å². The molecule has 1 aliphatic rings. The first-order valence-corrected chi connectivity index (χ1v) is 11.3. The fourth-order valence-electron chi connectivity index (χ4n) is 3.82. The number of carbonyl (C=O) groups is 1. The number of nitrogens with zero attached hydrogens (tertiary/aromatic N) is 4. The average Bonchev–Trinajstić information content (AvgIpc) is 3.33. The summed E-state index contributed by atoms with van der Waals surface area (Å²) in [5, 5.41) is 4.07. The molecule has 1 aromatic heterocycles. The Morgan fingerprint density at radius 3 is 2.50 bits per heavy atom. The van der Waals surface area contributed by atoms with Crippen molar-refractivity contribution in [3.05, 3.63) is 77.7 Å². The Balaban J connectivity index is 1.20. The Morgan fingerprint density at radius 1 is 1.03 bits per heavy atom. The van der Waals surface area contributed by atoms with Gasteiger partial charge in [-0.3, -0.25) is 9.69 Å². The van der Waals surface area contributed by atoms with Crippen LogP contribution in [0.4, 0.5) is 0 Å². The molecule has 4 rings (SSSR count). The molecule has 0 saturated carbocycles. The summed E-state index contributed by atoms with van der Waals surface area (Å²) in [5.74, 6) is 1.24. The molecule has 6 heteroatoms. The summed E-state index contributed by atoms with van der Waals surface area (Å²) in [6.45, 7) is 6.34. The lowest BCUT2D eigenvalue weighted by Crippen LogP contribution is -2.48. The van der Waals surface area contributed by atoms with Crippen LogP contribution in [0.2, 0.25) is 0 Å². The summed E-state index contributed by atoms with van der Waals surface area (Å²) in [6.07, 6.45) is 6.20. The third-order valence-electron chi connectivity index (χ3n) is 5.84. The Bertz CT molecular complexity index is 1020. The molecule has 0 radical (unpaired) electrons. The number of carbonyl (C=O) groups excluding carboxylic acids is 1. The van der Waals surface area contributed by atoms with Crippen LogP contribution in [0.25, 0.3) is 17.5 Å². The van der Waals surface area contributed by atoms with E-state index in [2.05, 4.69) is 58.4 Å². The van der Waals surface area contributed by atoms with Crippen molar-refractivity contribution in [2.24, 2.45) is 0 Å². The molecule has 166 valence electrons. The molecule has 0 spiro atoms. The Labute approximate surface area is 189 Å². The van der Waals surface area contributed by atoms with Gasteiger partial charge in [0.05, 0.1) is 0 Å². The van der Waals surface area contributed by atoms with Crippen molar-refractivity contribution in [1.29, 1.82) is 0 Å². The van der Waals surface area contributed by atoms with Gasteiger partial charge >= 0.3 is 0 Å². The SMILES string of the molecule is CCc1ccc(-c2noc(CCC(=O)N3CCN(CC=Cc4ccccc4)CC3)n2)cc1. The van der Waals surface area contributed by atoms with Gasteiger partial charge in [0.1, 0.15) is 0 Å².